The number of nitrogens with one attached hydrogen (secondary N) is 2. The first kappa shape index (κ1) is 18.7. The highest BCUT2D eigenvalue weighted by Gasteiger charge is 2.05. The number of amides is 2. The zero-order valence-electron chi connectivity index (χ0n) is 13.2. The molecule has 4 nitrogen and oxygen atoms in total. The van der Waals surface area contributed by atoms with E-state index in [4.69, 9.17) is 0 Å². The second-order valence-corrected chi connectivity index (χ2v) is 6.23. The van der Waals surface area contributed by atoms with Gasteiger partial charge in [-0.1, -0.05) is 48.5 Å². The molecule has 0 fully saturated rings. The van der Waals surface area contributed by atoms with Crippen LogP contribution in [0.2, 0.25) is 0 Å². The summed E-state index contributed by atoms with van der Waals surface area (Å²) in [4.78, 5) is 23.3. The molecule has 122 valence electrons. The van der Waals surface area contributed by atoms with Gasteiger partial charge in [0, 0.05) is 29.5 Å². The molecule has 0 aliphatic rings. The monoisotopic (exact) mass is 368 g/mol. The molecule has 0 bridgehead atoms. The van der Waals surface area contributed by atoms with Gasteiger partial charge in [-0.3, -0.25) is 9.59 Å². The fraction of sp³-hybridized carbons (Fsp3) is 0.529. The summed E-state index contributed by atoms with van der Waals surface area (Å²) in [5, 5.41) is 5.59. The number of benzene rings is 1. The van der Waals surface area contributed by atoms with Crippen molar-refractivity contribution in [2.75, 3.05) is 11.9 Å². The zero-order valence-corrected chi connectivity index (χ0v) is 14.7. The van der Waals surface area contributed by atoms with E-state index in [-0.39, 0.29) is 18.2 Å². The molecule has 2 amide bonds. The molecule has 1 aromatic rings. The number of unbranched alkanes of at least 4 members (excludes halogenated alkanes) is 4. The molecule has 0 heterocycles. The molecule has 2 N–H and O–H groups in total. The van der Waals surface area contributed by atoms with Crippen molar-refractivity contribution in [3.63, 3.8) is 0 Å². The van der Waals surface area contributed by atoms with Crippen molar-refractivity contribution in [3.05, 3.63) is 28.7 Å². The van der Waals surface area contributed by atoms with E-state index in [1.807, 2.05) is 24.3 Å². The van der Waals surface area contributed by atoms with Gasteiger partial charge in [-0.15, -0.1) is 0 Å². The normalized spacial score (nSPS) is 10.3. The maximum absolute atomic E-state index is 11.7. The van der Waals surface area contributed by atoms with Crippen LogP contribution in [0.5, 0.6) is 0 Å². The second kappa shape index (κ2) is 11.2. The third-order valence-electron chi connectivity index (χ3n) is 3.31. The lowest BCUT2D eigenvalue weighted by Gasteiger charge is -2.07. The summed E-state index contributed by atoms with van der Waals surface area (Å²) in [5.74, 6) is -0.0569. The van der Waals surface area contributed by atoms with Crippen LogP contribution in [-0.2, 0) is 9.59 Å². The number of anilines is 1. The fourth-order valence-corrected chi connectivity index (χ4v) is 2.31. The predicted octanol–water partition coefficient (Wildman–Crippen LogP) is 4.25. The van der Waals surface area contributed by atoms with E-state index in [9.17, 15) is 9.59 Å². The summed E-state index contributed by atoms with van der Waals surface area (Å²) in [6.45, 7) is 2.56. The number of hydrogen-bond acceptors (Lipinski definition) is 2. The Bertz CT molecular complexity index is 460. The van der Waals surface area contributed by atoms with Crippen LogP contribution in [0, 0.1) is 0 Å². The summed E-state index contributed by atoms with van der Waals surface area (Å²) in [6, 6.07) is 7.40. The van der Waals surface area contributed by atoms with Gasteiger partial charge >= 0.3 is 0 Å². The minimum atomic E-state index is -0.0921. The largest absolute Gasteiger partial charge is 0.356 e. The van der Waals surface area contributed by atoms with Crippen LogP contribution in [0.3, 0.4) is 0 Å². The molecule has 0 saturated carbocycles. The quantitative estimate of drug-likeness (QED) is 0.606. The third kappa shape index (κ3) is 8.82. The van der Waals surface area contributed by atoms with Crippen LogP contribution >= 0.6 is 15.9 Å². The molecule has 0 aromatic heterocycles. The minimum Gasteiger partial charge on any atom is -0.356 e. The maximum Gasteiger partial charge on any atom is 0.226 e. The molecule has 0 spiro atoms. The molecule has 0 radical (unpaired) electrons. The van der Waals surface area contributed by atoms with Crippen LogP contribution in [0.15, 0.2) is 28.7 Å². The van der Waals surface area contributed by atoms with Crippen LogP contribution in [-0.4, -0.2) is 18.4 Å². The molecule has 22 heavy (non-hydrogen) atoms. The van der Waals surface area contributed by atoms with Crippen molar-refractivity contribution in [3.8, 4) is 0 Å². The highest BCUT2D eigenvalue weighted by molar-refractivity contribution is 9.10. The van der Waals surface area contributed by atoms with Gasteiger partial charge < -0.3 is 10.6 Å². The minimum absolute atomic E-state index is 0.0351. The van der Waals surface area contributed by atoms with Gasteiger partial charge in [0.1, 0.15) is 0 Å². The number of hydrogen-bond donors (Lipinski definition) is 2. The van der Waals surface area contributed by atoms with Gasteiger partial charge in [0.2, 0.25) is 11.8 Å². The van der Waals surface area contributed by atoms with Gasteiger partial charge in [-0.05, 0) is 30.7 Å². The summed E-state index contributed by atoms with van der Waals surface area (Å²) >= 11 is 3.34. The van der Waals surface area contributed by atoms with Gasteiger partial charge in [0.15, 0.2) is 0 Å². The molecule has 0 aliphatic carbocycles. The van der Waals surface area contributed by atoms with E-state index < -0.39 is 0 Å². The molecule has 1 aromatic carbocycles. The third-order valence-corrected chi connectivity index (χ3v) is 3.84. The molecular formula is C17H25BrN2O2. The Morgan fingerprint density at radius 3 is 2.32 bits per heavy atom. The van der Waals surface area contributed by atoms with E-state index in [0.717, 1.165) is 23.0 Å². The first-order valence-electron chi connectivity index (χ1n) is 7.94. The number of rotatable bonds is 10. The van der Waals surface area contributed by atoms with E-state index in [0.29, 0.717) is 13.0 Å². The molecule has 0 atom stereocenters. The summed E-state index contributed by atoms with van der Waals surface area (Å²) in [7, 11) is 0. The highest BCUT2D eigenvalue weighted by atomic mass is 79.9. The van der Waals surface area contributed by atoms with E-state index in [1.54, 1.807) is 0 Å². The Labute approximate surface area is 141 Å². The fourth-order valence-electron chi connectivity index (χ4n) is 2.05. The Hall–Kier alpha value is -1.36. The van der Waals surface area contributed by atoms with Crippen LogP contribution in [0.4, 0.5) is 5.69 Å². The molecule has 0 saturated heterocycles. The van der Waals surface area contributed by atoms with Crippen molar-refractivity contribution in [2.45, 2.75) is 51.9 Å². The van der Waals surface area contributed by atoms with Gasteiger partial charge in [-0.25, -0.2) is 0 Å². The number of carbonyl (C=O) groups excluding carboxylic acids is 2. The van der Waals surface area contributed by atoms with Crippen LogP contribution in [0.1, 0.15) is 51.9 Å². The van der Waals surface area contributed by atoms with E-state index in [2.05, 4.69) is 33.5 Å². The van der Waals surface area contributed by atoms with Crippen molar-refractivity contribution in [1.29, 1.82) is 0 Å². The lowest BCUT2D eigenvalue weighted by molar-refractivity contribution is -0.121. The summed E-state index contributed by atoms with van der Waals surface area (Å²) < 4.78 is 0.969. The zero-order chi connectivity index (χ0) is 16.2. The molecular weight excluding hydrogens is 344 g/mol. The average molecular weight is 369 g/mol. The van der Waals surface area contributed by atoms with Crippen molar-refractivity contribution >= 4 is 33.4 Å². The van der Waals surface area contributed by atoms with E-state index in [1.165, 1.54) is 19.3 Å². The number of halogens is 1. The Balaban J connectivity index is 2.09. The van der Waals surface area contributed by atoms with Crippen molar-refractivity contribution in [1.82, 2.24) is 5.32 Å². The molecule has 0 aliphatic heterocycles. The van der Waals surface area contributed by atoms with Gasteiger partial charge in [-0.2, -0.15) is 0 Å². The average Bonchev–Trinajstić information content (AvgIpc) is 2.49. The maximum atomic E-state index is 11.7. The van der Waals surface area contributed by atoms with Crippen molar-refractivity contribution < 1.29 is 9.59 Å². The first-order chi connectivity index (χ1) is 10.6. The molecule has 5 heteroatoms. The summed E-state index contributed by atoms with van der Waals surface area (Å²) in [6.07, 6.45) is 6.51. The SMILES string of the molecule is CCCCCCCC(=O)NCCC(=O)Nc1ccc(Br)cc1. The second-order valence-electron chi connectivity index (χ2n) is 5.32. The van der Waals surface area contributed by atoms with Gasteiger partial charge in [0.05, 0.1) is 0 Å². The number of carbonyl (C=O) groups is 2. The summed E-state index contributed by atoms with van der Waals surface area (Å²) in [5.41, 5.74) is 0.760. The standard InChI is InChI=1S/C17H25BrN2O2/c1-2-3-4-5-6-7-16(21)19-13-12-17(22)20-15-10-8-14(18)9-11-15/h8-11H,2-7,12-13H2,1H3,(H,19,21)(H,20,22). The Morgan fingerprint density at radius 2 is 1.64 bits per heavy atom. The smallest absolute Gasteiger partial charge is 0.226 e. The molecule has 0 unspecified atom stereocenters. The van der Waals surface area contributed by atoms with Gasteiger partial charge in [0.25, 0.3) is 0 Å². The lowest BCUT2D eigenvalue weighted by atomic mass is 10.1. The molecule has 1 rings (SSSR count). The van der Waals surface area contributed by atoms with Crippen LogP contribution < -0.4 is 10.6 Å². The van der Waals surface area contributed by atoms with Crippen LogP contribution in [0.25, 0.3) is 0 Å². The lowest BCUT2D eigenvalue weighted by Crippen LogP contribution is -2.27. The highest BCUT2D eigenvalue weighted by Crippen LogP contribution is 2.14. The van der Waals surface area contributed by atoms with E-state index >= 15 is 0 Å². The Kier molecular flexibility index (Phi) is 9.55. The first-order valence-corrected chi connectivity index (χ1v) is 8.73. The van der Waals surface area contributed by atoms with Crippen molar-refractivity contribution in [2.24, 2.45) is 0 Å². The topological polar surface area (TPSA) is 58.2 Å². The predicted molar refractivity (Wildman–Crippen MR) is 93.8 cm³/mol. The Morgan fingerprint density at radius 1 is 0.955 bits per heavy atom.